The maximum atomic E-state index is 13.2. The molecule has 3 aromatic heterocycles. The van der Waals surface area contributed by atoms with E-state index in [1.54, 1.807) is 31.5 Å². The molecule has 0 aliphatic rings. The van der Waals surface area contributed by atoms with Gasteiger partial charge >= 0.3 is 0 Å². The van der Waals surface area contributed by atoms with Gasteiger partial charge in [0, 0.05) is 35.3 Å². The number of anilines is 1. The van der Waals surface area contributed by atoms with Crippen LogP contribution in [0, 0.1) is 25.7 Å². The van der Waals surface area contributed by atoms with E-state index >= 15 is 0 Å². The summed E-state index contributed by atoms with van der Waals surface area (Å²) in [7, 11) is -1.10. The van der Waals surface area contributed by atoms with Crippen LogP contribution in [0.3, 0.4) is 0 Å². The molecule has 4 rings (SSSR count). The molecule has 0 fully saturated rings. The zero-order chi connectivity index (χ0) is 27.3. The highest BCUT2D eigenvalue weighted by Gasteiger charge is 2.21. The average Bonchev–Trinajstić information content (AvgIpc) is 2.92. The minimum Gasteiger partial charge on any atom is -0.497 e. The van der Waals surface area contributed by atoms with E-state index in [2.05, 4.69) is 36.5 Å². The van der Waals surface area contributed by atoms with Crippen LogP contribution in [0.5, 0.6) is 11.5 Å². The fourth-order valence-corrected chi connectivity index (χ4v) is 5.03. The normalized spacial score (nSPS) is 10.9. The molecule has 0 amide bonds. The Morgan fingerprint density at radius 1 is 0.947 bits per heavy atom. The number of sulfonamides is 1. The lowest BCUT2D eigenvalue weighted by Gasteiger charge is -2.14. The van der Waals surface area contributed by atoms with Crippen molar-refractivity contribution < 1.29 is 17.9 Å². The van der Waals surface area contributed by atoms with Gasteiger partial charge < -0.3 is 9.47 Å². The predicted molar refractivity (Wildman–Crippen MR) is 145 cm³/mol. The van der Waals surface area contributed by atoms with Crippen molar-refractivity contribution in [2.45, 2.75) is 32.1 Å². The number of hydrogen-bond donors (Lipinski definition) is 1. The van der Waals surface area contributed by atoms with Gasteiger partial charge in [0.05, 0.1) is 42.6 Å². The highest BCUT2D eigenvalue weighted by molar-refractivity contribution is 7.92. The van der Waals surface area contributed by atoms with Gasteiger partial charge in [-0.3, -0.25) is 14.7 Å². The third kappa shape index (κ3) is 5.74. The predicted octanol–water partition coefficient (Wildman–Crippen LogP) is 4.33. The Labute approximate surface area is 222 Å². The van der Waals surface area contributed by atoms with Crippen molar-refractivity contribution in [1.82, 2.24) is 19.9 Å². The molecule has 0 aliphatic carbocycles. The van der Waals surface area contributed by atoms with Crippen LogP contribution in [0.2, 0.25) is 0 Å². The second-order valence-electron chi connectivity index (χ2n) is 8.31. The van der Waals surface area contributed by atoms with E-state index in [4.69, 9.17) is 9.47 Å². The lowest BCUT2D eigenvalue weighted by molar-refractivity contribution is 0.386. The molecule has 10 heteroatoms. The average molecular weight is 530 g/mol. The summed E-state index contributed by atoms with van der Waals surface area (Å²) >= 11 is 0. The molecule has 1 aromatic carbocycles. The van der Waals surface area contributed by atoms with Crippen LogP contribution in [0.4, 0.5) is 5.69 Å². The number of ether oxygens (including phenoxy) is 2. The van der Waals surface area contributed by atoms with Gasteiger partial charge in [-0.25, -0.2) is 18.4 Å². The Kier molecular flexibility index (Phi) is 7.88. The van der Waals surface area contributed by atoms with Gasteiger partial charge in [0.2, 0.25) is 0 Å². The first-order chi connectivity index (χ1) is 18.2. The maximum absolute atomic E-state index is 13.2. The first kappa shape index (κ1) is 26.6. The van der Waals surface area contributed by atoms with Crippen LogP contribution in [0.1, 0.15) is 35.1 Å². The molecule has 0 saturated carbocycles. The van der Waals surface area contributed by atoms with Gasteiger partial charge in [0.1, 0.15) is 22.7 Å². The number of hydrogen-bond acceptors (Lipinski definition) is 8. The summed E-state index contributed by atoms with van der Waals surface area (Å²) in [6, 6.07) is 9.97. The Morgan fingerprint density at radius 2 is 1.76 bits per heavy atom. The topological polar surface area (TPSA) is 116 Å². The number of aryl methyl sites for hydroxylation is 3. The van der Waals surface area contributed by atoms with Gasteiger partial charge in [0.25, 0.3) is 10.0 Å². The van der Waals surface area contributed by atoms with E-state index in [-0.39, 0.29) is 10.6 Å². The molecule has 0 atom stereocenters. The minimum absolute atomic E-state index is 0.0250. The monoisotopic (exact) mass is 529 g/mol. The molecule has 3 heterocycles. The standard InChI is InChI=1S/C28H27N5O4S/c1-6-24-23(28(32-17-31-24)21-11-12-29-18(2)13-21)9-7-20-14-25(19(3)30-16-20)33-38(34,35)27-10-8-22(36-4)15-26(27)37-5/h8,10-17,33H,6H2,1-5H3. The fourth-order valence-electron chi connectivity index (χ4n) is 3.77. The third-order valence-corrected chi connectivity index (χ3v) is 7.16. The van der Waals surface area contributed by atoms with Crippen molar-refractivity contribution in [3.05, 3.63) is 83.3 Å². The van der Waals surface area contributed by atoms with Crippen LogP contribution < -0.4 is 14.2 Å². The summed E-state index contributed by atoms with van der Waals surface area (Å²) in [5.74, 6) is 6.94. The van der Waals surface area contributed by atoms with E-state index in [1.807, 2.05) is 26.0 Å². The zero-order valence-electron chi connectivity index (χ0n) is 21.7. The van der Waals surface area contributed by atoms with Crippen LogP contribution in [-0.2, 0) is 16.4 Å². The van der Waals surface area contributed by atoms with Crippen molar-refractivity contribution in [2.24, 2.45) is 0 Å². The molecule has 194 valence electrons. The molecule has 0 radical (unpaired) electrons. The summed E-state index contributed by atoms with van der Waals surface area (Å²) in [4.78, 5) is 17.5. The van der Waals surface area contributed by atoms with Crippen molar-refractivity contribution >= 4 is 15.7 Å². The lowest BCUT2D eigenvalue weighted by Crippen LogP contribution is -2.15. The molecule has 38 heavy (non-hydrogen) atoms. The molecule has 0 aliphatic heterocycles. The second kappa shape index (κ2) is 11.3. The van der Waals surface area contributed by atoms with Gasteiger partial charge in [-0.2, -0.15) is 0 Å². The summed E-state index contributed by atoms with van der Waals surface area (Å²) in [5, 5.41) is 0. The summed E-state index contributed by atoms with van der Waals surface area (Å²) in [6.45, 7) is 5.63. The first-order valence-corrected chi connectivity index (χ1v) is 13.2. The first-order valence-electron chi connectivity index (χ1n) is 11.8. The maximum Gasteiger partial charge on any atom is 0.265 e. The molecule has 0 bridgehead atoms. The van der Waals surface area contributed by atoms with E-state index < -0.39 is 10.0 Å². The number of methoxy groups -OCH3 is 2. The number of pyridine rings is 2. The van der Waals surface area contributed by atoms with Gasteiger partial charge in [-0.05, 0) is 50.6 Å². The van der Waals surface area contributed by atoms with E-state index in [9.17, 15) is 8.42 Å². The van der Waals surface area contributed by atoms with Crippen LogP contribution >= 0.6 is 0 Å². The highest BCUT2D eigenvalue weighted by atomic mass is 32.2. The largest absolute Gasteiger partial charge is 0.497 e. The molecule has 0 saturated heterocycles. The smallest absolute Gasteiger partial charge is 0.265 e. The van der Waals surface area contributed by atoms with E-state index in [1.165, 1.54) is 32.7 Å². The molecule has 0 spiro atoms. The van der Waals surface area contributed by atoms with Crippen molar-refractivity contribution in [2.75, 3.05) is 18.9 Å². The second-order valence-corrected chi connectivity index (χ2v) is 9.96. The third-order valence-electron chi connectivity index (χ3n) is 5.75. The Morgan fingerprint density at radius 3 is 2.47 bits per heavy atom. The minimum atomic E-state index is -3.99. The molecule has 9 nitrogen and oxygen atoms in total. The molecular weight excluding hydrogens is 502 g/mol. The van der Waals surface area contributed by atoms with E-state index in [0.29, 0.717) is 40.4 Å². The number of nitrogens with one attached hydrogen (secondary N) is 1. The zero-order valence-corrected chi connectivity index (χ0v) is 22.5. The molecule has 0 unspecified atom stereocenters. The summed E-state index contributed by atoms with van der Waals surface area (Å²) in [5.41, 5.74) is 5.31. The molecule has 4 aromatic rings. The highest BCUT2D eigenvalue weighted by Crippen LogP contribution is 2.30. The van der Waals surface area contributed by atoms with E-state index in [0.717, 1.165) is 17.0 Å². The lowest BCUT2D eigenvalue weighted by atomic mass is 10.0. The van der Waals surface area contributed by atoms with Crippen molar-refractivity contribution in [1.29, 1.82) is 0 Å². The van der Waals surface area contributed by atoms with Crippen molar-refractivity contribution in [3.63, 3.8) is 0 Å². The fraction of sp³-hybridized carbons (Fsp3) is 0.214. The Balaban J connectivity index is 1.72. The van der Waals surface area contributed by atoms with Crippen LogP contribution in [0.25, 0.3) is 11.3 Å². The van der Waals surface area contributed by atoms with Gasteiger partial charge in [-0.1, -0.05) is 18.8 Å². The SMILES string of the molecule is CCc1ncnc(-c2ccnc(C)c2)c1C#Cc1cnc(C)c(NS(=O)(=O)c2ccc(OC)cc2OC)c1. The number of aromatic nitrogens is 4. The number of nitrogens with zero attached hydrogens (tertiary/aromatic N) is 4. The quantitative estimate of drug-likeness (QED) is 0.352. The summed E-state index contributed by atoms with van der Waals surface area (Å²) < 4.78 is 39.5. The number of rotatable bonds is 7. The van der Waals surface area contributed by atoms with Crippen molar-refractivity contribution in [3.8, 4) is 34.6 Å². The molecule has 1 N–H and O–H groups in total. The van der Waals surface area contributed by atoms with Gasteiger partial charge in [0.15, 0.2) is 0 Å². The van der Waals surface area contributed by atoms with Crippen LogP contribution in [-0.4, -0.2) is 42.6 Å². The number of benzene rings is 1. The summed E-state index contributed by atoms with van der Waals surface area (Å²) in [6.07, 6.45) is 5.53. The molecular formula is C28H27N5O4S. The van der Waals surface area contributed by atoms with Crippen LogP contribution in [0.15, 0.2) is 60.0 Å². The Bertz CT molecular complexity index is 1660. The Hall–Kier alpha value is -4.49. The van der Waals surface area contributed by atoms with Gasteiger partial charge in [-0.15, -0.1) is 0 Å².